The summed E-state index contributed by atoms with van der Waals surface area (Å²) in [5, 5.41) is 0. The molecule has 6 heavy (non-hydrogen) atoms. The van der Waals surface area contributed by atoms with Crippen molar-refractivity contribution in [2.24, 2.45) is 0 Å². The van der Waals surface area contributed by atoms with Crippen LogP contribution in [0, 0.1) is 0 Å². The van der Waals surface area contributed by atoms with Gasteiger partial charge in [-0.1, -0.05) is 20.3 Å². The fourth-order valence-electron chi connectivity index (χ4n) is 0.455. The SMILES string of the molecule is CCCC(C)P. The van der Waals surface area contributed by atoms with Crippen molar-refractivity contribution >= 4 is 9.24 Å². The molecule has 1 heteroatoms. The summed E-state index contributed by atoms with van der Waals surface area (Å²) in [7, 11) is 2.78. The van der Waals surface area contributed by atoms with Crippen LogP contribution < -0.4 is 0 Å². The molecule has 0 aromatic heterocycles. The van der Waals surface area contributed by atoms with E-state index in [1.54, 1.807) is 0 Å². The van der Waals surface area contributed by atoms with E-state index in [-0.39, 0.29) is 0 Å². The topological polar surface area (TPSA) is 0 Å². The third-order valence-corrected chi connectivity index (χ3v) is 1.08. The molecule has 2 unspecified atom stereocenters. The summed E-state index contributed by atoms with van der Waals surface area (Å²) in [6, 6.07) is 0. The molecule has 0 radical (unpaired) electrons. The fourth-order valence-corrected chi connectivity index (χ4v) is 0.789. The zero-order valence-corrected chi connectivity index (χ0v) is 5.72. The van der Waals surface area contributed by atoms with Crippen molar-refractivity contribution in [3.05, 3.63) is 0 Å². The van der Waals surface area contributed by atoms with Gasteiger partial charge in [0.25, 0.3) is 0 Å². The maximum atomic E-state index is 2.78. The summed E-state index contributed by atoms with van der Waals surface area (Å²) in [5.74, 6) is 0. The smallest absolute Gasteiger partial charge is 0.0293 e. The first-order chi connectivity index (χ1) is 2.77. The molecule has 0 bridgehead atoms. The largest absolute Gasteiger partial charge is 0.135 e. The standard InChI is InChI=1S/C5H13P/c1-3-4-5(2)6/h5H,3-4,6H2,1-2H3. The molecule has 0 fully saturated rings. The lowest BCUT2D eigenvalue weighted by atomic mass is 10.3. The minimum absolute atomic E-state index is 0.815. The Morgan fingerprint density at radius 3 is 2.17 bits per heavy atom. The molecule has 38 valence electrons. The Bertz CT molecular complexity index is 25.1. The highest BCUT2D eigenvalue weighted by Gasteiger charge is 1.85. The van der Waals surface area contributed by atoms with Gasteiger partial charge in [0.15, 0.2) is 0 Å². The first kappa shape index (κ1) is 6.43. The van der Waals surface area contributed by atoms with Crippen molar-refractivity contribution in [2.75, 3.05) is 0 Å². The maximum Gasteiger partial charge on any atom is -0.0293 e. The van der Waals surface area contributed by atoms with Gasteiger partial charge >= 0.3 is 0 Å². The summed E-state index contributed by atoms with van der Waals surface area (Å²) in [6.45, 7) is 4.43. The summed E-state index contributed by atoms with van der Waals surface area (Å²) in [4.78, 5) is 0. The van der Waals surface area contributed by atoms with E-state index < -0.39 is 0 Å². The van der Waals surface area contributed by atoms with Crippen LogP contribution in [0.1, 0.15) is 26.7 Å². The Morgan fingerprint density at radius 2 is 2.17 bits per heavy atom. The van der Waals surface area contributed by atoms with Crippen LogP contribution in [-0.4, -0.2) is 5.66 Å². The van der Waals surface area contributed by atoms with Crippen molar-refractivity contribution in [3.63, 3.8) is 0 Å². The molecular formula is C5H13P. The molecule has 0 saturated heterocycles. The summed E-state index contributed by atoms with van der Waals surface area (Å²) < 4.78 is 0. The third kappa shape index (κ3) is 4.43. The molecule has 0 heterocycles. The second-order valence-corrected chi connectivity index (χ2v) is 2.90. The molecule has 0 N–H and O–H groups in total. The van der Waals surface area contributed by atoms with Crippen molar-refractivity contribution in [1.82, 2.24) is 0 Å². The highest BCUT2D eigenvalue weighted by Crippen LogP contribution is 2.04. The van der Waals surface area contributed by atoms with Crippen LogP contribution >= 0.6 is 9.24 Å². The molecule has 0 aromatic rings. The molecule has 0 amide bonds. The van der Waals surface area contributed by atoms with E-state index in [4.69, 9.17) is 0 Å². The van der Waals surface area contributed by atoms with Gasteiger partial charge < -0.3 is 0 Å². The van der Waals surface area contributed by atoms with Gasteiger partial charge in [-0.15, -0.1) is 9.24 Å². The quantitative estimate of drug-likeness (QED) is 0.470. The highest BCUT2D eigenvalue weighted by molar-refractivity contribution is 7.17. The van der Waals surface area contributed by atoms with Crippen LogP contribution in [0.3, 0.4) is 0 Å². The highest BCUT2D eigenvalue weighted by atomic mass is 31.0. The monoisotopic (exact) mass is 104 g/mol. The second-order valence-electron chi connectivity index (χ2n) is 1.77. The lowest BCUT2D eigenvalue weighted by molar-refractivity contribution is 0.788. The maximum absolute atomic E-state index is 2.78. The molecular weight excluding hydrogens is 91.0 g/mol. The molecule has 2 atom stereocenters. The molecule has 0 spiro atoms. The van der Waals surface area contributed by atoms with Gasteiger partial charge in [-0.05, 0) is 12.1 Å². The first-order valence-corrected chi connectivity index (χ1v) is 3.19. The van der Waals surface area contributed by atoms with Gasteiger partial charge in [0, 0.05) is 0 Å². The predicted molar refractivity (Wildman–Crippen MR) is 34.1 cm³/mol. The van der Waals surface area contributed by atoms with E-state index in [1.165, 1.54) is 12.8 Å². The lowest BCUT2D eigenvalue weighted by Crippen LogP contribution is -1.84. The van der Waals surface area contributed by atoms with Gasteiger partial charge in [0.05, 0.1) is 0 Å². The van der Waals surface area contributed by atoms with Crippen molar-refractivity contribution in [1.29, 1.82) is 0 Å². The van der Waals surface area contributed by atoms with Crippen LogP contribution in [0.4, 0.5) is 0 Å². The third-order valence-electron chi connectivity index (χ3n) is 0.744. The molecule has 0 aliphatic carbocycles. The van der Waals surface area contributed by atoms with E-state index >= 15 is 0 Å². The summed E-state index contributed by atoms with van der Waals surface area (Å²) in [6.07, 6.45) is 2.65. The first-order valence-electron chi connectivity index (χ1n) is 2.53. The Morgan fingerprint density at radius 1 is 1.67 bits per heavy atom. The van der Waals surface area contributed by atoms with Crippen LogP contribution in [0.15, 0.2) is 0 Å². The van der Waals surface area contributed by atoms with E-state index in [2.05, 4.69) is 23.1 Å². The number of hydrogen-bond donors (Lipinski definition) is 0. The number of hydrogen-bond acceptors (Lipinski definition) is 0. The van der Waals surface area contributed by atoms with Crippen LogP contribution in [0.25, 0.3) is 0 Å². The minimum atomic E-state index is 0.815. The van der Waals surface area contributed by atoms with E-state index in [9.17, 15) is 0 Å². The van der Waals surface area contributed by atoms with E-state index in [1.807, 2.05) is 0 Å². The average Bonchev–Trinajstić information content (AvgIpc) is 1.35. The number of rotatable bonds is 2. The zero-order chi connectivity index (χ0) is 4.99. The van der Waals surface area contributed by atoms with Crippen molar-refractivity contribution in [3.8, 4) is 0 Å². The van der Waals surface area contributed by atoms with Crippen LogP contribution in [0.2, 0.25) is 0 Å². The fraction of sp³-hybridized carbons (Fsp3) is 1.00. The van der Waals surface area contributed by atoms with Gasteiger partial charge in [0.2, 0.25) is 0 Å². The average molecular weight is 104 g/mol. The van der Waals surface area contributed by atoms with E-state index in [0.717, 1.165) is 5.66 Å². The van der Waals surface area contributed by atoms with Crippen molar-refractivity contribution < 1.29 is 0 Å². The molecule has 0 nitrogen and oxygen atoms in total. The van der Waals surface area contributed by atoms with Gasteiger partial charge in [0.1, 0.15) is 0 Å². The van der Waals surface area contributed by atoms with Gasteiger partial charge in [-0.3, -0.25) is 0 Å². The molecule has 0 aliphatic rings. The van der Waals surface area contributed by atoms with Crippen molar-refractivity contribution in [2.45, 2.75) is 32.3 Å². The Kier molecular flexibility index (Phi) is 3.87. The Labute approximate surface area is 42.5 Å². The molecule has 0 saturated carbocycles. The van der Waals surface area contributed by atoms with E-state index in [0.29, 0.717) is 0 Å². The summed E-state index contributed by atoms with van der Waals surface area (Å²) >= 11 is 0. The Hall–Kier alpha value is 0.430. The normalized spacial score (nSPS) is 14.5. The molecule has 0 rings (SSSR count). The Balaban J connectivity index is 2.63. The lowest BCUT2D eigenvalue weighted by Gasteiger charge is -1.95. The molecule has 0 aliphatic heterocycles. The summed E-state index contributed by atoms with van der Waals surface area (Å²) in [5.41, 5.74) is 0.815. The molecule has 0 aromatic carbocycles. The van der Waals surface area contributed by atoms with Gasteiger partial charge in [-0.25, -0.2) is 0 Å². The van der Waals surface area contributed by atoms with Crippen LogP contribution in [0.5, 0.6) is 0 Å². The second kappa shape index (κ2) is 3.61. The zero-order valence-electron chi connectivity index (χ0n) is 4.57. The van der Waals surface area contributed by atoms with Crippen LogP contribution in [-0.2, 0) is 0 Å². The predicted octanol–water partition coefficient (Wildman–Crippen LogP) is 2.05. The minimum Gasteiger partial charge on any atom is -0.135 e. The van der Waals surface area contributed by atoms with Gasteiger partial charge in [-0.2, -0.15) is 0 Å².